The van der Waals surface area contributed by atoms with Crippen molar-refractivity contribution in [2.24, 2.45) is 5.92 Å². The summed E-state index contributed by atoms with van der Waals surface area (Å²) in [4.78, 5) is 0. The van der Waals surface area contributed by atoms with E-state index >= 15 is 0 Å². The van der Waals surface area contributed by atoms with Gasteiger partial charge in [0.1, 0.15) is 0 Å². The SMILES string of the molecule is CCNCc1ccc(CS(=O)(=O)N(C)C(C)C(C)C)cc1. The Morgan fingerprint density at radius 1 is 1.10 bits per heavy atom. The molecule has 0 fully saturated rings. The Balaban J connectivity index is 2.75. The van der Waals surface area contributed by atoms with Crippen molar-refractivity contribution in [3.63, 3.8) is 0 Å². The predicted octanol–water partition coefficient (Wildman–Crippen LogP) is 2.60. The lowest BCUT2D eigenvalue weighted by Gasteiger charge is -2.27. The highest BCUT2D eigenvalue weighted by molar-refractivity contribution is 7.88. The Kier molecular flexibility index (Phi) is 6.84. The molecule has 0 aromatic heterocycles. The second kappa shape index (κ2) is 7.92. The summed E-state index contributed by atoms with van der Waals surface area (Å²) < 4.78 is 26.3. The molecule has 0 aliphatic carbocycles. The number of hydrogen-bond donors (Lipinski definition) is 1. The molecule has 1 unspecified atom stereocenters. The van der Waals surface area contributed by atoms with E-state index in [1.165, 1.54) is 9.87 Å². The zero-order chi connectivity index (χ0) is 16.0. The van der Waals surface area contributed by atoms with Crippen molar-refractivity contribution in [3.05, 3.63) is 35.4 Å². The quantitative estimate of drug-likeness (QED) is 0.803. The zero-order valence-electron chi connectivity index (χ0n) is 13.8. The predicted molar refractivity (Wildman–Crippen MR) is 88.5 cm³/mol. The lowest BCUT2D eigenvalue weighted by Crippen LogP contribution is -2.38. The first-order valence-electron chi connectivity index (χ1n) is 7.52. The molecule has 1 N–H and O–H groups in total. The van der Waals surface area contributed by atoms with Crippen LogP contribution in [0.2, 0.25) is 0 Å². The number of hydrogen-bond acceptors (Lipinski definition) is 3. The lowest BCUT2D eigenvalue weighted by atomic mass is 10.1. The van der Waals surface area contributed by atoms with Gasteiger partial charge in [0.25, 0.3) is 0 Å². The molecule has 0 spiro atoms. The smallest absolute Gasteiger partial charge is 0.218 e. The fourth-order valence-electron chi connectivity index (χ4n) is 2.01. The van der Waals surface area contributed by atoms with Gasteiger partial charge in [0.2, 0.25) is 10.0 Å². The van der Waals surface area contributed by atoms with Crippen LogP contribution in [0.25, 0.3) is 0 Å². The average molecular weight is 312 g/mol. The summed E-state index contributed by atoms with van der Waals surface area (Å²) in [5.41, 5.74) is 2.00. The lowest BCUT2D eigenvalue weighted by molar-refractivity contribution is 0.315. The van der Waals surface area contributed by atoms with Gasteiger partial charge in [0, 0.05) is 19.6 Å². The number of nitrogens with zero attached hydrogens (tertiary/aromatic N) is 1. The van der Waals surface area contributed by atoms with Crippen molar-refractivity contribution in [2.45, 2.75) is 46.0 Å². The van der Waals surface area contributed by atoms with Gasteiger partial charge in [-0.15, -0.1) is 0 Å². The van der Waals surface area contributed by atoms with E-state index in [-0.39, 0.29) is 11.8 Å². The minimum absolute atomic E-state index is 0.00280. The van der Waals surface area contributed by atoms with Crippen molar-refractivity contribution in [3.8, 4) is 0 Å². The summed E-state index contributed by atoms with van der Waals surface area (Å²) in [7, 11) is -1.60. The molecule has 0 amide bonds. The van der Waals surface area contributed by atoms with Crippen LogP contribution in [0.4, 0.5) is 0 Å². The third-order valence-electron chi connectivity index (χ3n) is 3.93. The third kappa shape index (κ3) is 5.41. The van der Waals surface area contributed by atoms with E-state index in [0.717, 1.165) is 18.7 Å². The summed E-state index contributed by atoms with van der Waals surface area (Å²) in [5.74, 6) is 0.356. The van der Waals surface area contributed by atoms with E-state index in [1.807, 2.05) is 45.0 Å². The maximum Gasteiger partial charge on any atom is 0.218 e. The summed E-state index contributed by atoms with van der Waals surface area (Å²) >= 11 is 0. The molecule has 4 nitrogen and oxygen atoms in total. The molecular formula is C16H28N2O2S. The molecule has 0 aliphatic rings. The van der Waals surface area contributed by atoms with Crippen molar-refractivity contribution < 1.29 is 8.42 Å². The normalized spacial score (nSPS) is 13.9. The Bertz CT molecular complexity index is 524. The average Bonchev–Trinajstić information content (AvgIpc) is 2.44. The van der Waals surface area contributed by atoms with Crippen LogP contribution in [0.15, 0.2) is 24.3 Å². The van der Waals surface area contributed by atoms with E-state index in [2.05, 4.69) is 12.2 Å². The van der Waals surface area contributed by atoms with E-state index < -0.39 is 10.0 Å². The first-order chi connectivity index (χ1) is 9.77. The Morgan fingerprint density at radius 3 is 2.10 bits per heavy atom. The highest BCUT2D eigenvalue weighted by atomic mass is 32.2. The summed E-state index contributed by atoms with van der Waals surface area (Å²) in [5, 5.41) is 3.25. The molecule has 21 heavy (non-hydrogen) atoms. The molecule has 1 aromatic rings. The van der Waals surface area contributed by atoms with Crippen LogP contribution in [0.1, 0.15) is 38.8 Å². The first-order valence-corrected chi connectivity index (χ1v) is 9.13. The van der Waals surface area contributed by atoms with E-state index in [4.69, 9.17) is 0 Å². The summed E-state index contributed by atoms with van der Waals surface area (Å²) in [6.45, 7) is 9.81. The van der Waals surface area contributed by atoms with E-state index in [1.54, 1.807) is 7.05 Å². The van der Waals surface area contributed by atoms with Gasteiger partial charge in [-0.2, -0.15) is 0 Å². The monoisotopic (exact) mass is 312 g/mol. The first kappa shape index (κ1) is 18.1. The molecule has 0 heterocycles. The van der Waals surface area contributed by atoms with Crippen LogP contribution >= 0.6 is 0 Å². The zero-order valence-corrected chi connectivity index (χ0v) is 14.6. The van der Waals surface area contributed by atoms with Gasteiger partial charge >= 0.3 is 0 Å². The van der Waals surface area contributed by atoms with E-state index in [9.17, 15) is 8.42 Å². The molecule has 0 saturated carbocycles. The molecule has 0 bridgehead atoms. The van der Waals surface area contributed by atoms with Gasteiger partial charge in [-0.05, 0) is 30.5 Å². The second-order valence-corrected chi connectivity index (χ2v) is 7.88. The number of benzene rings is 1. The topological polar surface area (TPSA) is 49.4 Å². The summed E-state index contributed by atoms with van der Waals surface area (Å²) in [6.07, 6.45) is 0. The number of nitrogens with one attached hydrogen (secondary N) is 1. The minimum Gasteiger partial charge on any atom is -0.313 e. The van der Waals surface area contributed by atoms with Crippen LogP contribution < -0.4 is 5.32 Å². The summed E-state index contributed by atoms with van der Waals surface area (Å²) in [6, 6.07) is 7.78. The molecule has 0 aliphatic heterocycles. The highest BCUT2D eigenvalue weighted by Gasteiger charge is 2.25. The van der Waals surface area contributed by atoms with Crippen LogP contribution in [-0.2, 0) is 22.3 Å². The molecule has 0 radical (unpaired) electrons. The number of sulfonamides is 1. The minimum atomic E-state index is -3.27. The standard InChI is InChI=1S/C16H28N2O2S/c1-6-17-11-15-7-9-16(10-8-15)12-21(19,20)18(5)14(4)13(2)3/h7-10,13-14,17H,6,11-12H2,1-5H3. The van der Waals surface area contributed by atoms with E-state index in [0.29, 0.717) is 5.92 Å². The molecular weight excluding hydrogens is 284 g/mol. The van der Waals surface area contributed by atoms with Gasteiger partial charge in [-0.3, -0.25) is 0 Å². The Labute approximate surface area is 129 Å². The highest BCUT2D eigenvalue weighted by Crippen LogP contribution is 2.17. The second-order valence-electron chi connectivity index (χ2n) is 5.85. The van der Waals surface area contributed by atoms with Crippen LogP contribution in [0.5, 0.6) is 0 Å². The van der Waals surface area contributed by atoms with Crippen molar-refractivity contribution in [1.82, 2.24) is 9.62 Å². The van der Waals surface area contributed by atoms with Gasteiger partial charge in [0.15, 0.2) is 0 Å². The molecule has 1 aromatic carbocycles. The molecule has 1 atom stereocenters. The van der Waals surface area contributed by atoms with Crippen LogP contribution in [0.3, 0.4) is 0 Å². The van der Waals surface area contributed by atoms with Gasteiger partial charge in [-0.25, -0.2) is 12.7 Å². The van der Waals surface area contributed by atoms with Crippen molar-refractivity contribution >= 4 is 10.0 Å². The molecule has 1 rings (SSSR count). The van der Waals surface area contributed by atoms with Gasteiger partial charge in [-0.1, -0.05) is 45.0 Å². The molecule has 120 valence electrons. The molecule has 5 heteroatoms. The van der Waals surface area contributed by atoms with Crippen LogP contribution in [-0.4, -0.2) is 32.4 Å². The van der Waals surface area contributed by atoms with Gasteiger partial charge < -0.3 is 5.32 Å². The molecule has 0 saturated heterocycles. The number of rotatable bonds is 8. The van der Waals surface area contributed by atoms with Crippen molar-refractivity contribution in [1.29, 1.82) is 0 Å². The van der Waals surface area contributed by atoms with Crippen LogP contribution in [0, 0.1) is 5.92 Å². The third-order valence-corrected chi connectivity index (χ3v) is 5.84. The maximum atomic E-state index is 12.4. The maximum absolute atomic E-state index is 12.4. The van der Waals surface area contributed by atoms with Gasteiger partial charge in [0.05, 0.1) is 5.75 Å². The Hall–Kier alpha value is -0.910. The Morgan fingerprint density at radius 2 is 1.62 bits per heavy atom. The van der Waals surface area contributed by atoms with Crippen molar-refractivity contribution in [2.75, 3.05) is 13.6 Å². The fraction of sp³-hybridized carbons (Fsp3) is 0.625. The largest absolute Gasteiger partial charge is 0.313 e. The fourth-order valence-corrected chi connectivity index (χ4v) is 3.58.